The number of nitrogens with zero attached hydrogens (tertiary/aromatic N) is 1. The minimum absolute atomic E-state index is 0. The van der Waals surface area contributed by atoms with E-state index in [1.165, 1.54) is 32.5 Å². The maximum absolute atomic E-state index is 5.96. The van der Waals surface area contributed by atoms with Crippen molar-refractivity contribution in [3.8, 4) is 5.75 Å². The molecular weight excluding hydrogens is 305 g/mol. The second-order valence-electron chi connectivity index (χ2n) is 5.45. The lowest BCUT2D eigenvalue weighted by molar-refractivity contribution is 0.215. The molecule has 0 atom stereocenters. The van der Waals surface area contributed by atoms with E-state index in [4.69, 9.17) is 27.9 Å². The van der Waals surface area contributed by atoms with Gasteiger partial charge in [0.15, 0.2) is 0 Å². The van der Waals surface area contributed by atoms with Gasteiger partial charge in [0.2, 0.25) is 0 Å². The van der Waals surface area contributed by atoms with Gasteiger partial charge in [-0.1, -0.05) is 23.2 Å². The fourth-order valence-corrected chi connectivity index (χ4v) is 3.39. The first-order chi connectivity index (χ1) is 8.67. The maximum Gasteiger partial charge on any atom is 0.120 e. The van der Waals surface area contributed by atoms with Crippen molar-refractivity contribution in [2.24, 2.45) is 5.41 Å². The molecule has 0 saturated carbocycles. The number of rotatable bonds is 4. The van der Waals surface area contributed by atoms with Crippen LogP contribution in [0.1, 0.15) is 19.3 Å². The van der Waals surface area contributed by atoms with Crippen LogP contribution >= 0.6 is 35.6 Å². The molecular formula is C14H18Cl3NO. The molecule has 2 heterocycles. The minimum atomic E-state index is 0. The van der Waals surface area contributed by atoms with Gasteiger partial charge in [0.05, 0.1) is 16.7 Å². The van der Waals surface area contributed by atoms with Crippen LogP contribution in [-0.2, 0) is 0 Å². The van der Waals surface area contributed by atoms with Crippen LogP contribution in [-0.4, -0.2) is 31.1 Å². The second-order valence-corrected chi connectivity index (χ2v) is 6.26. The molecule has 1 aromatic carbocycles. The Hall–Kier alpha value is -0.150. The molecule has 0 unspecified atom stereocenters. The molecule has 106 valence electrons. The Morgan fingerprint density at radius 1 is 1.16 bits per heavy atom. The molecule has 2 nitrogen and oxygen atoms in total. The van der Waals surface area contributed by atoms with Crippen LogP contribution in [0.4, 0.5) is 0 Å². The summed E-state index contributed by atoms with van der Waals surface area (Å²) in [5, 5.41) is 1.13. The smallest absolute Gasteiger partial charge is 0.120 e. The van der Waals surface area contributed by atoms with Crippen molar-refractivity contribution in [1.29, 1.82) is 0 Å². The van der Waals surface area contributed by atoms with E-state index in [1.807, 2.05) is 6.07 Å². The van der Waals surface area contributed by atoms with Crippen LogP contribution in [0.5, 0.6) is 5.75 Å². The van der Waals surface area contributed by atoms with Gasteiger partial charge in [0, 0.05) is 12.6 Å². The monoisotopic (exact) mass is 321 g/mol. The molecule has 1 aromatic rings. The molecule has 0 spiro atoms. The predicted molar refractivity (Wildman–Crippen MR) is 81.9 cm³/mol. The Kier molecular flexibility index (Phi) is 4.88. The normalized spacial score (nSPS) is 28.2. The summed E-state index contributed by atoms with van der Waals surface area (Å²) in [6, 6.07) is 5.45. The topological polar surface area (TPSA) is 12.5 Å². The molecule has 0 N–H and O–H groups in total. The third-order valence-electron chi connectivity index (χ3n) is 4.27. The van der Waals surface area contributed by atoms with Gasteiger partial charge in [-0.15, -0.1) is 12.4 Å². The summed E-state index contributed by atoms with van der Waals surface area (Å²) in [6.45, 7) is 4.57. The van der Waals surface area contributed by atoms with Gasteiger partial charge < -0.3 is 9.64 Å². The lowest BCUT2D eigenvalue weighted by Gasteiger charge is -2.24. The van der Waals surface area contributed by atoms with E-state index in [1.54, 1.807) is 12.1 Å². The standard InChI is InChI=1S/C14H17Cl2NO.ClH/c15-12-2-1-11(9-13(12)16)18-8-5-14-3-6-17(10-14)7-4-14;/h1-2,9H,3-8,10H2;1H. The minimum Gasteiger partial charge on any atom is -0.494 e. The second kappa shape index (κ2) is 6.09. The summed E-state index contributed by atoms with van der Waals surface area (Å²) in [5.74, 6) is 0.814. The van der Waals surface area contributed by atoms with Gasteiger partial charge in [-0.2, -0.15) is 0 Å². The van der Waals surface area contributed by atoms with Crippen molar-refractivity contribution in [1.82, 2.24) is 4.90 Å². The van der Waals surface area contributed by atoms with E-state index in [-0.39, 0.29) is 12.4 Å². The molecule has 2 saturated heterocycles. The van der Waals surface area contributed by atoms with E-state index < -0.39 is 0 Å². The number of hydrogen-bond donors (Lipinski definition) is 0. The fraction of sp³-hybridized carbons (Fsp3) is 0.571. The Morgan fingerprint density at radius 3 is 2.47 bits per heavy atom. The van der Waals surface area contributed by atoms with Crippen molar-refractivity contribution in [3.05, 3.63) is 28.2 Å². The number of hydrogen-bond acceptors (Lipinski definition) is 2. The van der Waals surface area contributed by atoms with Crippen molar-refractivity contribution in [2.75, 3.05) is 26.2 Å². The van der Waals surface area contributed by atoms with E-state index in [2.05, 4.69) is 4.90 Å². The van der Waals surface area contributed by atoms with Crippen LogP contribution in [0, 0.1) is 5.41 Å². The highest BCUT2D eigenvalue weighted by Crippen LogP contribution is 2.43. The van der Waals surface area contributed by atoms with Gasteiger partial charge >= 0.3 is 0 Å². The molecule has 5 heteroatoms. The lowest BCUT2D eigenvalue weighted by Crippen LogP contribution is -2.22. The highest BCUT2D eigenvalue weighted by atomic mass is 35.5. The molecule has 2 aliphatic heterocycles. The number of halogens is 3. The highest BCUT2D eigenvalue weighted by molar-refractivity contribution is 6.42. The number of benzene rings is 1. The molecule has 2 aliphatic rings. The molecule has 0 radical (unpaired) electrons. The van der Waals surface area contributed by atoms with Crippen LogP contribution < -0.4 is 4.74 Å². The van der Waals surface area contributed by atoms with Gasteiger partial charge in [-0.25, -0.2) is 0 Å². The molecule has 2 fully saturated rings. The van der Waals surface area contributed by atoms with Gasteiger partial charge in [0.25, 0.3) is 0 Å². The zero-order valence-corrected chi connectivity index (χ0v) is 13.0. The Balaban J connectivity index is 0.00000133. The number of piperidine rings is 1. The number of fused-ring (bicyclic) bond motifs is 2. The first-order valence-corrected chi connectivity index (χ1v) is 7.23. The average molecular weight is 323 g/mol. The van der Waals surface area contributed by atoms with E-state index in [0.717, 1.165) is 18.8 Å². The predicted octanol–water partition coefficient (Wildman–Crippen LogP) is 4.28. The van der Waals surface area contributed by atoms with Crippen LogP contribution in [0.2, 0.25) is 10.0 Å². The molecule has 0 aliphatic carbocycles. The van der Waals surface area contributed by atoms with Crippen LogP contribution in [0.25, 0.3) is 0 Å². The van der Waals surface area contributed by atoms with Gasteiger partial charge in [-0.05, 0) is 49.9 Å². The third-order valence-corrected chi connectivity index (χ3v) is 5.01. The van der Waals surface area contributed by atoms with E-state index >= 15 is 0 Å². The van der Waals surface area contributed by atoms with Gasteiger partial charge in [-0.3, -0.25) is 0 Å². The molecule has 19 heavy (non-hydrogen) atoms. The maximum atomic E-state index is 5.96. The molecule has 3 rings (SSSR count). The number of ether oxygens (including phenoxy) is 1. The summed E-state index contributed by atoms with van der Waals surface area (Å²) in [4.78, 5) is 2.55. The quantitative estimate of drug-likeness (QED) is 0.820. The highest BCUT2D eigenvalue weighted by Gasteiger charge is 2.43. The van der Waals surface area contributed by atoms with Crippen molar-refractivity contribution < 1.29 is 4.74 Å². The average Bonchev–Trinajstić information content (AvgIpc) is 2.94. The zero-order valence-electron chi connectivity index (χ0n) is 10.7. The summed E-state index contributed by atoms with van der Waals surface area (Å²) in [7, 11) is 0. The van der Waals surface area contributed by atoms with Gasteiger partial charge in [0.1, 0.15) is 5.75 Å². The van der Waals surface area contributed by atoms with Crippen LogP contribution in [0.3, 0.4) is 0 Å². The largest absolute Gasteiger partial charge is 0.494 e. The Bertz CT molecular complexity index is 444. The van der Waals surface area contributed by atoms with E-state index in [9.17, 15) is 0 Å². The molecule has 0 amide bonds. The molecule has 2 bridgehead atoms. The summed E-state index contributed by atoms with van der Waals surface area (Å²) >= 11 is 11.8. The van der Waals surface area contributed by atoms with E-state index in [0.29, 0.717) is 15.5 Å². The van der Waals surface area contributed by atoms with Crippen molar-refractivity contribution in [2.45, 2.75) is 19.3 Å². The Morgan fingerprint density at radius 2 is 1.89 bits per heavy atom. The van der Waals surface area contributed by atoms with Crippen molar-refractivity contribution in [3.63, 3.8) is 0 Å². The van der Waals surface area contributed by atoms with Crippen LogP contribution in [0.15, 0.2) is 18.2 Å². The zero-order chi connectivity index (χ0) is 12.6. The molecule has 0 aromatic heterocycles. The Labute approximate surface area is 130 Å². The summed E-state index contributed by atoms with van der Waals surface area (Å²) < 4.78 is 5.79. The summed E-state index contributed by atoms with van der Waals surface area (Å²) in [6.07, 6.45) is 3.80. The first-order valence-electron chi connectivity index (χ1n) is 6.47. The first kappa shape index (κ1) is 15.2. The third kappa shape index (κ3) is 3.30. The lowest BCUT2D eigenvalue weighted by atomic mass is 9.82. The van der Waals surface area contributed by atoms with Crippen molar-refractivity contribution >= 4 is 35.6 Å². The SMILES string of the molecule is Cl.Clc1ccc(OCCC23CCN(CC2)C3)cc1Cl. The summed E-state index contributed by atoms with van der Waals surface area (Å²) in [5.41, 5.74) is 0.524. The fourth-order valence-electron chi connectivity index (χ4n) is 3.10.